The number of rotatable bonds is 5. The highest BCUT2D eigenvalue weighted by Crippen LogP contribution is 2.33. The highest BCUT2D eigenvalue weighted by atomic mass is 35.5. The largest absolute Gasteiger partial charge is 0.479 e. The molecule has 1 rings (SSSR count). The van der Waals surface area contributed by atoms with Gasteiger partial charge in [0.1, 0.15) is 6.61 Å². The van der Waals surface area contributed by atoms with Gasteiger partial charge in [0, 0.05) is 5.02 Å². The predicted octanol–water partition coefficient (Wildman–Crippen LogP) is 3.08. The number of hydrogen-bond donors (Lipinski definition) is 2. The molecule has 19 heavy (non-hydrogen) atoms. The van der Waals surface area contributed by atoms with Gasteiger partial charge in [0.05, 0.1) is 15.7 Å². The number of carbonyl (C=O) groups excluding carboxylic acids is 1. The lowest BCUT2D eigenvalue weighted by molar-refractivity contribution is -0.150. The quantitative estimate of drug-likeness (QED) is 0.872. The SMILES string of the molecule is C[C@@H](OCC(=O)Nc1c(Cl)cc(Cl)cc1Cl)C(=O)O. The molecule has 1 aromatic rings. The van der Waals surface area contributed by atoms with Gasteiger partial charge in [0.2, 0.25) is 5.91 Å². The first kappa shape index (κ1) is 16.0. The van der Waals surface area contributed by atoms with Gasteiger partial charge in [-0.15, -0.1) is 0 Å². The summed E-state index contributed by atoms with van der Waals surface area (Å²) in [6.45, 7) is 0.889. The van der Waals surface area contributed by atoms with Gasteiger partial charge in [-0.3, -0.25) is 4.79 Å². The zero-order chi connectivity index (χ0) is 14.6. The molecule has 5 nitrogen and oxygen atoms in total. The van der Waals surface area contributed by atoms with Crippen LogP contribution in [0.2, 0.25) is 15.1 Å². The number of aliphatic carboxylic acids is 1. The van der Waals surface area contributed by atoms with Crippen LogP contribution in [0.25, 0.3) is 0 Å². The van der Waals surface area contributed by atoms with Gasteiger partial charge in [-0.05, 0) is 19.1 Å². The number of amides is 1. The molecule has 8 heteroatoms. The van der Waals surface area contributed by atoms with Crippen molar-refractivity contribution in [3.05, 3.63) is 27.2 Å². The highest BCUT2D eigenvalue weighted by Gasteiger charge is 2.15. The van der Waals surface area contributed by atoms with Crippen molar-refractivity contribution < 1.29 is 19.4 Å². The van der Waals surface area contributed by atoms with E-state index < -0.39 is 24.6 Å². The monoisotopic (exact) mass is 325 g/mol. The van der Waals surface area contributed by atoms with Gasteiger partial charge < -0.3 is 15.2 Å². The third-order valence-corrected chi connectivity index (χ3v) is 2.90. The van der Waals surface area contributed by atoms with E-state index in [9.17, 15) is 9.59 Å². The Morgan fingerprint density at radius 1 is 1.32 bits per heavy atom. The zero-order valence-corrected chi connectivity index (χ0v) is 12.0. The molecule has 0 aliphatic heterocycles. The van der Waals surface area contributed by atoms with Gasteiger partial charge in [-0.25, -0.2) is 4.79 Å². The lowest BCUT2D eigenvalue weighted by Gasteiger charge is -2.11. The summed E-state index contributed by atoms with van der Waals surface area (Å²) >= 11 is 17.5. The molecule has 2 N–H and O–H groups in total. The van der Waals surface area contributed by atoms with E-state index in [1.165, 1.54) is 19.1 Å². The Kier molecular flexibility index (Phi) is 5.87. The number of benzene rings is 1. The van der Waals surface area contributed by atoms with Crippen LogP contribution in [-0.4, -0.2) is 29.7 Å². The summed E-state index contributed by atoms with van der Waals surface area (Å²) in [7, 11) is 0. The number of ether oxygens (including phenoxy) is 1. The first-order valence-corrected chi connectivity index (χ1v) is 6.23. The fourth-order valence-corrected chi connectivity index (χ4v) is 2.02. The summed E-state index contributed by atoms with van der Waals surface area (Å²) in [4.78, 5) is 22.1. The first-order chi connectivity index (χ1) is 8.81. The summed E-state index contributed by atoms with van der Waals surface area (Å²) in [6, 6.07) is 2.84. The molecule has 0 aliphatic rings. The zero-order valence-electron chi connectivity index (χ0n) is 9.75. The van der Waals surface area contributed by atoms with Crippen LogP contribution in [0.3, 0.4) is 0 Å². The number of carbonyl (C=O) groups is 2. The minimum absolute atomic E-state index is 0.178. The molecule has 0 heterocycles. The van der Waals surface area contributed by atoms with Crippen LogP contribution in [0.4, 0.5) is 5.69 Å². The van der Waals surface area contributed by atoms with Crippen molar-refractivity contribution in [2.24, 2.45) is 0 Å². The molecule has 0 saturated carbocycles. The first-order valence-electron chi connectivity index (χ1n) is 5.10. The van der Waals surface area contributed by atoms with Gasteiger partial charge >= 0.3 is 5.97 Å². The van der Waals surface area contributed by atoms with Gasteiger partial charge in [0.25, 0.3) is 0 Å². The van der Waals surface area contributed by atoms with Crippen LogP contribution >= 0.6 is 34.8 Å². The molecule has 104 valence electrons. The van der Waals surface area contributed by atoms with Crippen molar-refractivity contribution in [1.82, 2.24) is 0 Å². The smallest absolute Gasteiger partial charge is 0.332 e. The topological polar surface area (TPSA) is 75.6 Å². The molecule has 0 saturated heterocycles. The summed E-state index contributed by atoms with van der Waals surface area (Å²) in [5.74, 6) is -1.73. The Morgan fingerprint density at radius 3 is 2.32 bits per heavy atom. The van der Waals surface area contributed by atoms with Crippen molar-refractivity contribution in [3.8, 4) is 0 Å². The van der Waals surface area contributed by atoms with Crippen LogP contribution in [-0.2, 0) is 14.3 Å². The minimum atomic E-state index is -1.16. The third-order valence-electron chi connectivity index (χ3n) is 2.08. The lowest BCUT2D eigenvalue weighted by atomic mass is 10.3. The molecular weight excluding hydrogens is 316 g/mol. The van der Waals surface area contributed by atoms with E-state index >= 15 is 0 Å². The van der Waals surface area contributed by atoms with Crippen LogP contribution in [0.15, 0.2) is 12.1 Å². The minimum Gasteiger partial charge on any atom is -0.479 e. The van der Waals surface area contributed by atoms with Crippen LogP contribution in [0, 0.1) is 0 Å². The second-order valence-electron chi connectivity index (χ2n) is 3.58. The van der Waals surface area contributed by atoms with Crippen LogP contribution in [0.1, 0.15) is 6.92 Å². The Morgan fingerprint density at radius 2 is 1.84 bits per heavy atom. The predicted molar refractivity (Wildman–Crippen MR) is 73.2 cm³/mol. The van der Waals surface area contributed by atoms with Crippen LogP contribution < -0.4 is 5.32 Å². The lowest BCUT2D eigenvalue weighted by Crippen LogP contribution is -2.26. The third kappa shape index (κ3) is 4.87. The van der Waals surface area contributed by atoms with E-state index in [0.717, 1.165) is 0 Å². The number of hydrogen-bond acceptors (Lipinski definition) is 3. The van der Waals surface area contributed by atoms with E-state index in [2.05, 4.69) is 5.32 Å². The maximum atomic E-state index is 11.5. The maximum Gasteiger partial charge on any atom is 0.332 e. The number of halogens is 3. The number of carboxylic acid groups (broad SMARTS) is 1. The van der Waals surface area contributed by atoms with E-state index in [1.807, 2.05) is 0 Å². The Hall–Kier alpha value is -1.01. The van der Waals surface area contributed by atoms with E-state index in [1.54, 1.807) is 0 Å². The molecule has 0 bridgehead atoms. The number of anilines is 1. The Labute approximate surface area is 124 Å². The second kappa shape index (κ2) is 6.96. The normalized spacial score (nSPS) is 12.0. The van der Waals surface area contributed by atoms with Crippen molar-refractivity contribution >= 4 is 52.4 Å². The summed E-state index contributed by atoms with van der Waals surface area (Å²) in [6.07, 6.45) is -1.08. The van der Waals surface area contributed by atoms with Gasteiger partial charge in [-0.1, -0.05) is 34.8 Å². The van der Waals surface area contributed by atoms with E-state index in [-0.39, 0.29) is 15.7 Å². The van der Waals surface area contributed by atoms with E-state index in [4.69, 9.17) is 44.6 Å². The maximum absolute atomic E-state index is 11.5. The molecule has 0 unspecified atom stereocenters. The fraction of sp³-hybridized carbons (Fsp3) is 0.273. The standard InChI is InChI=1S/C11H10Cl3NO4/c1-5(11(17)18)19-4-9(16)15-10-7(13)2-6(12)3-8(10)14/h2-3,5H,4H2,1H3,(H,15,16)(H,17,18)/t5-/m1/s1. The Bertz CT molecular complexity index is 484. The Balaban J connectivity index is 2.65. The number of nitrogens with one attached hydrogen (secondary N) is 1. The average Bonchev–Trinajstić information content (AvgIpc) is 2.30. The average molecular weight is 327 g/mol. The van der Waals surface area contributed by atoms with Crippen LogP contribution in [0.5, 0.6) is 0 Å². The van der Waals surface area contributed by atoms with Gasteiger partial charge in [-0.2, -0.15) is 0 Å². The molecule has 1 amide bonds. The molecule has 0 aliphatic carbocycles. The molecular formula is C11H10Cl3NO4. The molecule has 0 spiro atoms. The van der Waals surface area contributed by atoms with E-state index in [0.29, 0.717) is 5.02 Å². The second-order valence-corrected chi connectivity index (χ2v) is 4.83. The molecule has 0 aromatic heterocycles. The van der Waals surface area contributed by atoms with Gasteiger partial charge in [0.15, 0.2) is 6.10 Å². The summed E-state index contributed by atoms with van der Waals surface area (Å²) < 4.78 is 4.82. The fourth-order valence-electron chi connectivity index (χ4n) is 1.11. The molecule has 1 aromatic carbocycles. The molecule has 0 radical (unpaired) electrons. The molecule has 0 fully saturated rings. The van der Waals surface area contributed by atoms with Crippen molar-refractivity contribution in [2.45, 2.75) is 13.0 Å². The summed E-state index contributed by atoms with van der Waals surface area (Å²) in [5.41, 5.74) is 0.198. The van der Waals surface area contributed by atoms with Crippen molar-refractivity contribution in [1.29, 1.82) is 0 Å². The highest BCUT2D eigenvalue weighted by molar-refractivity contribution is 6.42. The van der Waals surface area contributed by atoms with Crippen molar-refractivity contribution in [2.75, 3.05) is 11.9 Å². The molecule has 1 atom stereocenters. The number of carboxylic acids is 1. The summed E-state index contributed by atoms with van der Waals surface area (Å²) in [5, 5.41) is 11.7. The van der Waals surface area contributed by atoms with Crippen molar-refractivity contribution in [3.63, 3.8) is 0 Å².